The minimum atomic E-state index is -0.161. The molecule has 1 heterocycles. The van der Waals surface area contributed by atoms with Crippen molar-refractivity contribution in [3.05, 3.63) is 90.8 Å². The Hall–Kier alpha value is -3.93. The van der Waals surface area contributed by atoms with Gasteiger partial charge in [0.05, 0.1) is 11.3 Å². The van der Waals surface area contributed by atoms with Gasteiger partial charge in [0.15, 0.2) is 5.82 Å². The van der Waals surface area contributed by atoms with Gasteiger partial charge in [-0.2, -0.15) is 5.10 Å². The highest BCUT2D eigenvalue weighted by Gasteiger charge is 2.15. The van der Waals surface area contributed by atoms with E-state index < -0.39 is 0 Å². The second kappa shape index (κ2) is 7.75. The van der Waals surface area contributed by atoms with Gasteiger partial charge in [0.1, 0.15) is 6.33 Å². The zero-order valence-electron chi connectivity index (χ0n) is 15.3. The highest BCUT2D eigenvalue weighted by Crippen LogP contribution is 2.27. The molecule has 2 N–H and O–H groups in total. The third kappa shape index (κ3) is 3.61. The largest absolute Gasteiger partial charge is 0.344 e. The second-order valence-corrected chi connectivity index (χ2v) is 6.28. The van der Waals surface area contributed by atoms with Crippen LogP contribution in [0.3, 0.4) is 0 Å². The molecule has 0 aliphatic heterocycles. The maximum atomic E-state index is 12.9. The fourth-order valence-corrected chi connectivity index (χ4v) is 3.00. The number of nitrogens with zero attached hydrogens (tertiary/aromatic N) is 3. The van der Waals surface area contributed by atoms with Crippen molar-refractivity contribution in [3.8, 4) is 11.4 Å². The van der Waals surface area contributed by atoms with Gasteiger partial charge < -0.3 is 10.2 Å². The highest BCUT2D eigenvalue weighted by molar-refractivity contribution is 6.08. The Kier molecular flexibility index (Phi) is 4.84. The number of nitrogens with one attached hydrogen (secondary N) is 2. The number of hydrogen-bond donors (Lipinski definition) is 2. The van der Waals surface area contributed by atoms with Crippen LogP contribution in [0.4, 0.5) is 17.1 Å². The zero-order chi connectivity index (χ0) is 19.3. The van der Waals surface area contributed by atoms with Gasteiger partial charge in [0.25, 0.3) is 5.91 Å². The number of rotatable bonds is 5. The van der Waals surface area contributed by atoms with E-state index in [0.717, 1.165) is 16.9 Å². The molecule has 0 aliphatic rings. The molecule has 1 aromatic heterocycles. The number of carbonyl (C=O) groups is 1. The first-order valence-corrected chi connectivity index (χ1v) is 8.87. The van der Waals surface area contributed by atoms with Gasteiger partial charge in [0, 0.05) is 24.0 Å². The first kappa shape index (κ1) is 17.5. The van der Waals surface area contributed by atoms with Crippen LogP contribution in [-0.4, -0.2) is 28.1 Å². The highest BCUT2D eigenvalue weighted by atomic mass is 16.1. The van der Waals surface area contributed by atoms with Crippen molar-refractivity contribution in [3.63, 3.8) is 0 Å². The molecule has 0 fully saturated rings. The molecule has 0 atom stereocenters. The third-order valence-corrected chi connectivity index (χ3v) is 4.48. The van der Waals surface area contributed by atoms with Crippen LogP contribution in [0.1, 0.15) is 10.4 Å². The van der Waals surface area contributed by atoms with Crippen molar-refractivity contribution in [2.24, 2.45) is 0 Å². The molecular weight excluding hydrogens is 350 g/mol. The molecule has 4 aromatic rings. The summed E-state index contributed by atoms with van der Waals surface area (Å²) in [6.07, 6.45) is 1.46. The molecule has 28 heavy (non-hydrogen) atoms. The van der Waals surface area contributed by atoms with E-state index in [1.54, 1.807) is 0 Å². The van der Waals surface area contributed by atoms with E-state index in [0.29, 0.717) is 17.1 Å². The van der Waals surface area contributed by atoms with Crippen LogP contribution in [0.15, 0.2) is 85.2 Å². The Bertz CT molecular complexity index is 1060. The SMILES string of the molecule is CN(c1ccccc1)c1ccccc1C(=O)Nc1ccc(-c2ncn[nH]2)cc1. The van der Waals surface area contributed by atoms with Gasteiger partial charge in [-0.15, -0.1) is 0 Å². The van der Waals surface area contributed by atoms with Gasteiger partial charge >= 0.3 is 0 Å². The van der Waals surface area contributed by atoms with Crippen molar-refractivity contribution >= 4 is 23.0 Å². The Morgan fingerprint density at radius 2 is 1.64 bits per heavy atom. The number of aromatic nitrogens is 3. The van der Waals surface area contributed by atoms with E-state index in [-0.39, 0.29) is 5.91 Å². The van der Waals surface area contributed by atoms with Crippen LogP contribution in [0.2, 0.25) is 0 Å². The van der Waals surface area contributed by atoms with Gasteiger partial charge in [-0.25, -0.2) is 4.98 Å². The van der Waals surface area contributed by atoms with E-state index in [9.17, 15) is 4.79 Å². The van der Waals surface area contributed by atoms with Crippen molar-refractivity contribution in [1.82, 2.24) is 15.2 Å². The number of H-pyrrole nitrogens is 1. The van der Waals surface area contributed by atoms with Gasteiger partial charge in [0.2, 0.25) is 0 Å². The monoisotopic (exact) mass is 369 g/mol. The summed E-state index contributed by atoms with van der Waals surface area (Å²) < 4.78 is 0. The summed E-state index contributed by atoms with van der Waals surface area (Å²) >= 11 is 0. The van der Waals surface area contributed by atoms with Gasteiger partial charge in [-0.05, 0) is 48.5 Å². The Balaban J connectivity index is 1.56. The molecule has 3 aromatic carbocycles. The van der Waals surface area contributed by atoms with Crippen molar-refractivity contribution in [2.75, 3.05) is 17.3 Å². The van der Waals surface area contributed by atoms with E-state index in [1.165, 1.54) is 6.33 Å². The number of anilines is 3. The molecule has 0 bridgehead atoms. The third-order valence-electron chi connectivity index (χ3n) is 4.48. The fraction of sp³-hybridized carbons (Fsp3) is 0.0455. The van der Waals surface area contributed by atoms with Gasteiger partial charge in [-0.1, -0.05) is 30.3 Å². The first-order valence-electron chi connectivity index (χ1n) is 8.87. The minimum Gasteiger partial charge on any atom is -0.344 e. The smallest absolute Gasteiger partial charge is 0.257 e. The Labute approximate surface area is 162 Å². The van der Waals surface area contributed by atoms with Crippen LogP contribution < -0.4 is 10.2 Å². The summed E-state index contributed by atoms with van der Waals surface area (Å²) in [5.41, 5.74) is 4.07. The molecule has 6 heteroatoms. The maximum absolute atomic E-state index is 12.9. The lowest BCUT2D eigenvalue weighted by atomic mass is 10.1. The molecule has 0 radical (unpaired) electrons. The Morgan fingerprint density at radius 1 is 0.929 bits per heavy atom. The summed E-state index contributed by atoms with van der Waals surface area (Å²) in [5.74, 6) is 0.526. The zero-order valence-corrected chi connectivity index (χ0v) is 15.3. The lowest BCUT2D eigenvalue weighted by Gasteiger charge is -2.22. The van der Waals surface area contributed by atoms with Crippen LogP contribution >= 0.6 is 0 Å². The standard InChI is InChI=1S/C22H19N5O/c1-27(18-7-3-2-4-8-18)20-10-6-5-9-19(20)22(28)25-17-13-11-16(12-14-17)21-23-15-24-26-21/h2-15H,1H3,(H,25,28)(H,23,24,26). The lowest BCUT2D eigenvalue weighted by Crippen LogP contribution is -2.18. The molecular formula is C22H19N5O. The van der Waals surface area contributed by atoms with E-state index in [2.05, 4.69) is 20.5 Å². The number of para-hydroxylation sites is 2. The lowest BCUT2D eigenvalue weighted by molar-refractivity contribution is 0.102. The van der Waals surface area contributed by atoms with E-state index in [4.69, 9.17) is 0 Å². The number of benzene rings is 3. The topological polar surface area (TPSA) is 73.9 Å². The normalized spacial score (nSPS) is 10.5. The van der Waals surface area contributed by atoms with Crippen molar-refractivity contribution in [1.29, 1.82) is 0 Å². The van der Waals surface area contributed by atoms with E-state index in [1.807, 2.05) is 90.8 Å². The molecule has 4 rings (SSSR count). The number of hydrogen-bond acceptors (Lipinski definition) is 4. The quantitative estimate of drug-likeness (QED) is 0.543. The molecule has 138 valence electrons. The van der Waals surface area contributed by atoms with Crippen molar-refractivity contribution < 1.29 is 4.79 Å². The molecule has 0 saturated carbocycles. The second-order valence-electron chi connectivity index (χ2n) is 6.28. The molecule has 0 spiro atoms. The predicted octanol–water partition coefficient (Wildman–Crippen LogP) is 4.49. The summed E-state index contributed by atoms with van der Waals surface area (Å²) in [5, 5.41) is 9.64. The average molecular weight is 369 g/mol. The molecule has 0 saturated heterocycles. The predicted molar refractivity (Wildman–Crippen MR) is 111 cm³/mol. The number of aromatic amines is 1. The number of carbonyl (C=O) groups excluding carboxylic acids is 1. The molecule has 1 amide bonds. The molecule has 0 aliphatic carbocycles. The van der Waals surface area contributed by atoms with Crippen LogP contribution in [0.5, 0.6) is 0 Å². The maximum Gasteiger partial charge on any atom is 0.257 e. The van der Waals surface area contributed by atoms with Crippen LogP contribution in [0, 0.1) is 0 Å². The van der Waals surface area contributed by atoms with Crippen LogP contribution in [-0.2, 0) is 0 Å². The summed E-state index contributed by atoms with van der Waals surface area (Å²) in [7, 11) is 1.95. The summed E-state index contributed by atoms with van der Waals surface area (Å²) in [6, 6.07) is 25.0. The van der Waals surface area contributed by atoms with Crippen molar-refractivity contribution in [2.45, 2.75) is 0 Å². The summed E-state index contributed by atoms with van der Waals surface area (Å²) in [6.45, 7) is 0. The summed E-state index contributed by atoms with van der Waals surface area (Å²) in [4.78, 5) is 19.0. The molecule has 0 unspecified atom stereocenters. The minimum absolute atomic E-state index is 0.161. The molecule has 6 nitrogen and oxygen atoms in total. The average Bonchev–Trinajstić information content (AvgIpc) is 3.29. The Morgan fingerprint density at radius 3 is 2.36 bits per heavy atom. The van der Waals surface area contributed by atoms with Gasteiger partial charge in [-0.3, -0.25) is 9.89 Å². The van der Waals surface area contributed by atoms with Crippen LogP contribution in [0.25, 0.3) is 11.4 Å². The van der Waals surface area contributed by atoms with E-state index >= 15 is 0 Å². The first-order chi connectivity index (χ1) is 13.7. The number of amides is 1. The fourth-order valence-electron chi connectivity index (χ4n) is 3.00.